The average Bonchev–Trinajstić information content (AvgIpc) is 2.34. The number of rotatable bonds is 8. The summed E-state index contributed by atoms with van der Waals surface area (Å²) in [5, 5.41) is 3.62. The number of hydrogen-bond acceptors (Lipinski definition) is 2. The Morgan fingerprint density at radius 2 is 2.00 bits per heavy atom. The molecule has 0 aliphatic heterocycles. The quantitative estimate of drug-likeness (QED) is 0.685. The van der Waals surface area contributed by atoms with Crippen LogP contribution in [0.15, 0.2) is 21.2 Å². The summed E-state index contributed by atoms with van der Waals surface area (Å²) in [5.41, 5.74) is 1.08. The molecule has 1 aromatic heterocycles. The van der Waals surface area contributed by atoms with Crippen molar-refractivity contribution in [3.8, 4) is 0 Å². The standard InChI is InChI=1S/C14H22Br2N2/c1-3-5-7-12(6-4-2)17-10-14-13(16)8-11(15)9-18-14/h8-9,12,17H,3-7,10H2,1-2H3. The highest BCUT2D eigenvalue weighted by molar-refractivity contribution is 9.11. The van der Waals surface area contributed by atoms with Gasteiger partial charge in [-0.2, -0.15) is 0 Å². The van der Waals surface area contributed by atoms with E-state index in [-0.39, 0.29) is 0 Å². The van der Waals surface area contributed by atoms with Crippen LogP contribution in [0.25, 0.3) is 0 Å². The Labute approximate surface area is 127 Å². The van der Waals surface area contributed by atoms with Gasteiger partial charge in [-0.15, -0.1) is 0 Å². The van der Waals surface area contributed by atoms with Crippen LogP contribution in [0.2, 0.25) is 0 Å². The van der Waals surface area contributed by atoms with Crippen LogP contribution in [0.5, 0.6) is 0 Å². The number of nitrogens with one attached hydrogen (secondary N) is 1. The molecule has 2 nitrogen and oxygen atoms in total. The Bertz CT molecular complexity index is 356. The van der Waals surface area contributed by atoms with Gasteiger partial charge < -0.3 is 5.32 Å². The van der Waals surface area contributed by atoms with Crippen molar-refractivity contribution in [2.24, 2.45) is 0 Å². The molecule has 1 unspecified atom stereocenters. The van der Waals surface area contributed by atoms with Crippen LogP contribution in [-0.4, -0.2) is 11.0 Å². The van der Waals surface area contributed by atoms with E-state index in [9.17, 15) is 0 Å². The zero-order valence-electron chi connectivity index (χ0n) is 11.2. The highest BCUT2D eigenvalue weighted by Crippen LogP contribution is 2.19. The van der Waals surface area contributed by atoms with E-state index in [0.717, 1.165) is 21.2 Å². The predicted octanol–water partition coefficient (Wildman–Crippen LogP) is 5.06. The second kappa shape index (κ2) is 9.05. The summed E-state index contributed by atoms with van der Waals surface area (Å²) in [6.45, 7) is 5.33. The molecular weight excluding hydrogens is 356 g/mol. The monoisotopic (exact) mass is 376 g/mol. The van der Waals surface area contributed by atoms with E-state index < -0.39 is 0 Å². The summed E-state index contributed by atoms with van der Waals surface area (Å²) < 4.78 is 2.07. The molecule has 0 bridgehead atoms. The number of unbranched alkanes of at least 4 members (excludes halogenated alkanes) is 1. The lowest BCUT2D eigenvalue weighted by atomic mass is 10.1. The molecule has 1 atom stereocenters. The molecule has 0 aliphatic carbocycles. The van der Waals surface area contributed by atoms with Crippen molar-refractivity contribution in [3.05, 3.63) is 26.9 Å². The largest absolute Gasteiger partial charge is 0.308 e. The first-order valence-electron chi connectivity index (χ1n) is 6.70. The van der Waals surface area contributed by atoms with Gasteiger partial charge in [0.05, 0.1) is 5.69 Å². The summed E-state index contributed by atoms with van der Waals surface area (Å²) in [5.74, 6) is 0. The maximum Gasteiger partial charge on any atom is 0.0684 e. The fourth-order valence-corrected chi connectivity index (χ4v) is 3.09. The molecular formula is C14H22Br2N2. The Morgan fingerprint density at radius 1 is 1.22 bits per heavy atom. The van der Waals surface area contributed by atoms with Crippen LogP contribution in [0, 0.1) is 0 Å². The third-order valence-electron chi connectivity index (χ3n) is 2.99. The lowest BCUT2D eigenvalue weighted by molar-refractivity contribution is 0.431. The maximum atomic E-state index is 4.43. The van der Waals surface area contributed by atoms with E-state index in [0.29, 0.717) is 6.04 Å². The minimum Gasteiger partial charge on any atom is -0.308 e. The van der Waals surface area contributed by atoms with Gasteiger partial charge in [-0.1, -0.05) is 33.1 Å². The van der Waals surface area contributed by atoms with E-state index in [2.05, 4.69) is 56.0 Å². The number of aromatic nitrogens is 1. The number of halogens is 2. The molecule has 4 heteroatoms. The van der Waals surface area contributed by atoms with Crippen molar-refractivity contribution < 1.29 is 0 Å². The lowest BCUT2D eigenvalue weighted by Gasteiger charge is -2.18. The molecule has 0 amide bonds. The highest BCUT2D eigenvalue weighted by atomic mass is 79.9. The molecule has 0 radical (unpaired) electrons. The predicted molar refractivity (Wildman–Crippen MR) is 84.7 cm³/mol. The third kappa shape index (κ3) is 5.81. The van der Waals surface area contributed by atoms with Crippen molar-refractivity contribution in [1.82, 2.24) is 10.3 Å². The summed E-state index contributed by atoms with van der Waals surface area (Å²) >= 11 is 6.98. The van der Waals surface area contributed by atoms with Crippen LogP contribution in [-0.2, 0) is 6.54 Å². The fraction of sp³-hybridized carbons (Fsp3) is 0.643. The molecule has 1 N–H and O–H groups in total. The van der Waals surface area contributed by atoms with Crippen LogP contribution in [0.1, 0.15) is 51.6 Å². The van der Waals surface area contributed by atoms with Gasteiger partial charge in [-0.25, -0.2) is 0 Å². The molecule has 0 aromatic carbocycles. The zero-order valence-corrected chi connectivity index (χ0v) is 14.3. The van der Waals surface area contributed by atoms with Gasteiger partial charge in [-0.3, -0.25) is 4.98 Å². The number of hydrogen-bond donors (Lipinski definition) is 1. The summed E-state index contributed by atoms with van der Waals surface area (Å²) in [6.07, 6.45) is 8.15. The summed E-state index contributed by atoms with van der Waals surface area (Å²) in [7, 11) is 0. The van der Waals surface area contributed by atoms with Crippen LogP contribution in [0.3, 0.4) is 0 Å². The topological polar surface area (TPSA) is 24.9 Å². The van der Waals surface area contributed by atoms with Gasteiger partial charge >= 0.3 is 0 Å². The Balaban J connectivity index is 2.49. The second-order valence-corrected chi connectivity index (χ2v) is 6.36. The van der Waals surface area contributed by atoms with Gasteiger partial charge in [0, 0.05) is 27.7 Å². The fourth-order valence-electron chi connectivity index (χ4n) is 1.96. The van der Waals surface area contributed by atoms with E-state index in [1.807, 2.05) is 12.3 Å². The third-order valence-corrected chi connectivity index (χ3v) is 4.11. The number of pyridine rings is 1. The van der Waals surface area contributed by atoms with Crippen molar-refractivity contribution in [3.63, 3.8) is 0 Å². The molecule has 18 heavy (non-hydrogen) atoms. The molecule has 0 spiro atoms. The van der Waals surface area contributed by atoms with Crippen molar-refractivity contribution in [1.29, 1.82) is 0 Å². The SMILES string of the molecule is CCCCC(CCC)NCc1ncc(Br)cc1Br. The second-order valence-electron chi connectivity index (χ2n) is 4.59. The first-order valence-corrected chi connectivity index (χ1v) is 8.29. The van der Waals surface area contributed by atoms with Crippen LogP contribution in [0.4, 0.5) is 0 Å². The molecule has 0 saturated carbocycles. The average molecular weight is 378 g/mol. The van der Waals surface area contributed by atoms with Crippen LogP contribution >= 0.6 is 31.9 Å². The Kier molecular flexibility index (Phi) is 8.11. The Morgan fingerprint density at radius 3 is 2.61 bits per heavy atom. The molecule has 0 fully saturated rings. The first kappa shape index (κ1) is 16.1. The molecule has 0 saturated heterocycles. The smallest absolute Gasteiger partial charge is 0.0684 e. The highest BCUT2D eigenvalue weighted by Gasteiger charge is 2.08. The van der Waals surface area contributed by atoms with Crippen molar-refractivity contribution in [2.45, 2.75) is 58.5 Å². The van der Waals surface area contributed by atoms with Crippen molar-refractivity contribution in [2.75, 3.05) is 0 Å². The van der Waals surface area contributed by atoms with Gasteiger partial charge in [-0.05, 0) is 50.8 Å². The minimum absolute atomic E-state index is 0.618. The molecule has 102 valence electrons. The molecule has 1 heterocycles. The normalized spacial score (nSPS) is 12.7. The number of nitrogens with zero attached hydrogens (tertiary/aromatic N) is 1. The van der Waals surface area contributed by atoms with Gasteiger partial charge in [0.1, 0.15) is 0 Å². The van der Waals surface area contributed by atoms with Crippen LogP contribution < -0.4 is 5.32 Å². The molecule has 1 rings (SSSR count). The lowest BCUT2D eigenvalue weighted by Crippen LogP contribution is -2.28. The van der Waals surface area contributed by atoms with E-state index in [1.54, 1.807) is 0 Å². The van der Waals surface area contributed by atoms with E-state index >= 15 is 0 Å². The van der Waals surface area contributed by atoms with Gasteiger partial charge in [0.25, 0.3) is 0 Å². The van der Waals surface area contributed by atoms with E-state index in [1.165, 1.54) is 32.1 Å². The Hall–Kier alpha value is 0.0700. The van der Waals surface area contributed by atoms with E-state index in [4.69, 9.17) is 0 Å². The zero-order chi connectivity index (χ0) is 13.4. The first-order chi connectivity index (χ1) is 8.67. The van der Waals surface area contributed by atoms with Crippen molar-refractivity contribution >= 4 is 31.9 Å². The maximum absolute atomic E-state index is 4.43. The summed E-state index contributed by atoms with van der Waals surface area (Å²) in [6, 6.07) is 2.66. The molecule has 0 aliphatic rings. The summed E-state index contributed by atoms with van der Waals surface area (Å²) in [4.78, 5) is 4.43. The minimum atomic E-state index is 0.618. The van der Waals surface area contributed by atoms with Gasteiger partial charge in [0.2, 0.25) is 0 Å². The molecule has 1 aromatic rings. The van der Waals surface area contributed by atoms with Gasteiger partial charge in [0.15, 0.2) is 0 Å².